The Balaban J connectivity index is 2.33. The number of hydrazone groups is 1. The van der Waals surface area contributed by atoms with Gasteiger partial charge in [0.05, 0.1) is 11.3 Å². The van der Waals surface area contributed by atoms with Gasteiger partial charge < -0.3 is 10.2 Å². The first kappa shape index (κ1) is 17.7. The molecule has 0 unspecified atom stereocenters. The summed E-state index contributed by atoms with van der Waals surface area (Å²) in [6.07, 6.45) is 5.26. The first-order valence-corrected chi connectivity index (χ1v) is 8.16. The molecule has 2 rings (SSSR count). The Labute approximate surface area is 142 Å². The smallest absolute Gasteiger partial charge is 0.273 e. The van der Waals surface area contributed by atoms with Crippen LogP contribution < -0.4 is 15.6 Å². The second-order valence-corrected chi connectivity index (χ2v) is 5.80. The Kier molecular flexibility index (Phi) is 6.12. The minimum Gasteiger partial charge on any atom is -0.372 e. The number of hydrogen-bond acceptors (Lipinski definition) is 4. The molecular weight excluding hydrogens is 304 g/mol. The zero-order valence-electron chi connectivity index (χ0n) is 14.3. The molecule has 0 bridgehead atoms. The Morgan fingerprint density at radius 1 is 1.25 bits per heavy atom. The lowest BCUT2D eigenvalue weighted by molar-refractivity contribution is -0.112. The molecule has 6 heteroatoms. The van der Waals surface area contributed by atoms with Crippen LogP contribution in [0.1, 0.15) is 43.5 Å². The number of nitrogens with one attached hydrogen (secondary N) is 2. The molecule has 0 aliphatic carbocycles. The number of carbonyl (C=O) groups is 2. The van der Waals surface area contributed by atoms with E-state index in [1.54, 1.807) is 32.1 Å². The number of benzene rings is 1. The summed E-state index contributed by atoms with van der Waals surface area (Å²) in [5, 5.41) is 6.22. The standard InChI is InChI=1S/C18H24N4O2/c1-4-13(2)17(23)20-16-9-8-14(22-10-6-5-7-11-22)12-15(16)18(24)21-19-3/h4,8-9,12H,3,5-7,10-11H2,1-2H3,(H,20,23)(H,21,24)/b13-4+. The van der Waals surface area contributed by atoms with E-state index in [1.165, 1.54) is 6.42 Å². The number of piperidine rings is 1. The summed E-state index contributed by atoms with van der Waals surface area (Å²) in [7, 11) is 0. The van der Waals surface area contributed by atoms with Gasteiger partial charge in [0.1, 0.15) is 0 Å². The van der Waals surface area contributed by atoms with E-state index in [1.807, 2.05) is 6.07 Å². The predicted molar refractivity (Wildman–Crippen MR) is 97.6 cm³/mol. The highest BCUT2D eigenvalue weighted by Gasteiger charge is 2.18. The van der Waals surface area contributed by atoms with Gasteiger partial charge in [0.15, 0.2) is 0 Å². The van der Waals surface area contributed by atoms with Crippen LogP contribution >= 0.6 is 0 Å². The van der Waals surface area contributed by atoms with Crippen molar-refractivity contribution in [2.45, 2.75) is 33.1 Å². The molecule has 0 atom stereocenters. The Morgan fingerprint density at radius 2 is 1.96 bits per heavy atom. The van der Waals surface area contributed by atoms with Gasteiger partial charge in [-0.15, -0.1) is 0 Å². The first-order chi connectivity index (χ1) is 11.6. The molecule has 1 aliphatic rings. The average molecular weight is 328 g/mol. The van der Waals surface area contributed by atoms with Crippen LogP contribution in [-0.2, 0) is 4.79 Å². The molecule has 1 aliphatic heterocycles. The fourth-order valence-corrected chi connectivity index (χ4v) is 2.66. The van der Waals surface area contributed by atoms with Gasteiger partial charge in [-0.1, -0.05) is 6.08 Å². The van der Waals surface area contributed by atoms with Gasteiger partial charge in [-0.25, -0.2) is 5.43 Å². The molecule has 6 nitrogen and oxygen atoms in total. The van der Waals surface area contributed by atoms with Gasteiger partial charge in [0, 0.05) is 31.1 Å². The van der Waals surface area contributed by atoms with Crippen LogP contribution in [0.3, 0.4) is 0 Å². The fourth-order valence-electron chi connectivity index (χ4n) is 2.66. The summed E-state index contributed by atoms with van der Waals surface area (Å²) >= 11 is 0. The highest BCUT2D eigenvalue weighted by Crippen LogP contribution is 2.26. The van der Waals surface area contributed by atoms with E-state index in [0.717, 1.165) is 31.6 Å². The zero-order chi connectivity index (χ0) is 17.5. The van der Waals surface area contributed by atoms with Crippen molar-refractivity contribution in [1.82, 2.24) is 5.43 Å². The van der Waals surface area contributed by atoms with Crippen LogP contribution in [0.2, 0.25) is 0 Å². The third-order valence-corrected chi connectivity index (χ3v) is 4.19. The second kappa shape index (κ2) is 8.29. The van der Waals surface area contributed by atoms with Gasteiger partial charge in [0.2, 0.25) is 0 Å². The number of rotatable bonds is 5. The number of anilines is 2. The lowest BCUT2D eigenvalue weighted by Gasteiger charge is -2.29. The van der Waals surface area contributed by atoms with Gasteiger partial charge >= 0.3 is 0 Å². The minimum absolute atomic E-state index is 0.233. The summed E-state index contributed by atoms with van der Waals surface area (Å²) in [6.45, 7) is 8.75. The SMILES string of the molecule is C=NNC(=O)c1cc(N2CCCCC2)ccc1NC(=O)/C(C)=C/C. The highest BCUT2D eigenvalue weighted by molar-refractivity contribution is 6.08. The van der Waals surface area contributed by atoms with E-state index in [-0.39, 0.29) is 5.91 Å². The quantitative estimate of drug-likeness (QED) is 0.496. The predicted octanol–water partition coefficient (Wildman–Crippen LogP) is 2.93. The van der Waals surface area contributed by atoms with Crippen LogP contribution in [0.5, 0.6) is 0 Å². The van der Waals surface area contributed by atoms with Gasteiger partial charge in [0.25, 0.3) is 11.8 Å². The lowest BCUT2D eigenvalue weighted by atomic mass is 10.1. The van der Waals surface area contributed by atoms with Crippen LogP contribution in [-0.4, -0.2) is 31.6 Å². The highest BCUT2D eigenvalue weighted by atomic mass is 16.2. The van der Waals surface area contributed by atoms with E-state index in [0.29, 0.717) is 16.8 Å². The van der Waals surface area contributed by atoms with Crippen LogP contribution in [0.15, 0.2) is 34.9 Å². The largest absolute Gasteiger partial charge is 0.372 e. The zero-order valence-corrected chi connectivity index (χ0v) is 14.3. The van der Waals surface area contributed by atoms with Crippen LogP contribution in [0.4, 0.5) is 11.4 Å². The third kappa shape index (κ3) is 4.22. The number of amides is 2. The van der Waals surface area contributed by atoms with Crippen molar-refractivity contribution in [3.8, 4) is 0 Å². The molecule has 0 aromatic heterocycles. The average Bonchev–Trinajstić information content (AvgIpc) is 2.62. The van der Waals surface area contributed by atoms with Crippen molar-refractivity contribution in [2.24, 2.45) is 5.10 Å². The van der Waals surface area contributed by atoms with Crippen molar-refractivity contribution in [3.63, 3.8) is 0 Å². The number of nitrogens with zero attached hydrogens (tertiary/aromatic N) is 2. The molecule has 0 spiro atoms. The summed E-state index contributed by atoms with van der Waals surface area (Å²) in [5.74, 6) is -0.624. The molecule has 2 N–H and O–H groups in total. The molecule has 1 aromatic rings. The Hall–Kier alpha value is -2.63. The van der Waals surface area contributed by atoms with Gasteiger partial charge in [-0.2, -0.15) is 5.10 Å². The topological polar surface area (TPSA) is 73.8 Å². The van der Waals surface area contributed by atoms with E-state index in [4.69, 9.17) is 0 Å². The molecular formula is C18H24N4O2. The molecule has 24 heavy (non-hydrogen) atoms. The number of hydrogen-bond donors (Lipinski definition) is 2. The monoisotopic (exact) mass is 328 g/mol. The first-order valence-electron chi connectivity index (χ1n) is 8.16. The van der Waals surface area contributed by atoms with Crippen molar-refractivity contribution in [1.29, 1.82) is 0 Å². The van der Waals surface area contributed by atoms with E-state index in [2.05, 4.69) is 27.5 Å². The molecule has 1 heterocycles. The third-order valence-electron chi connectivity index (χ3n) is 4.19. The molecule has 0 radical (unpaired) electrons. The molecule has 2 amide bonds. The Bertz CT molecular complexity index is 661. The molecule has 1 fully saturated rings. The number of allylic oxidation sites excluding steroid dienone is 1. The van der Waals surface area contributed by atoms with Crippen molar-refractivity contribution >= 4 is 29.9 Å². The van der Waals surface area contributed by atoms with Crippen molar-refractivity contribution in [3.05, 3.63) is 35.4 Å². The minimum atomic E-state index is -0.391. The summed E-state index contributed by atoms with van der Waals surface area (Å²) < 4.78 is 0. The maximum atomic E-state index is 12.3. The maximum absolute atomic E-state index is 12.3. The van der Waals surface area contributed by atoms with E-state index < -0.39 is 5.91 Å². The van der Waals surface area contributed by atoms with E-state index in [9.17, 15) is 9.59 Å². The van der Waals surface area contributed by atoms with Gasteiger partial charge in [-0.05, 0) is 51.3 Å². The van der Waals surface area contributed by atoms with Gasteiger partial charge in [-0.3, -0.25) is 9.59 Å². The molecule has 1 aromatic carbocycles. The summed E-state index contributed by atoms with van der Waals surface area (Å²) in [6, 6.07) is 5.50. The van der Waals surface area contributed by atoms with Crippen LogP contribution in [0, 0.1) is 0 Å². The summed E-state index contributed by atoms with van der Waals surface area (Å²) in [4.78, 5) is 26.7. The fraction of sp³-hybridized carbons (Fsp3) is 0.389. The van der Waals surface area contributed by atoms with E-state index >= 15 is 0 Å². The number of carbonyl (C=O) groups excluding carboxylic acids is 2. The van der Waals surface area contributed by atoms with Crippen molar-refractivity contribution < 1.29 is 9.59 Å². The second-order valence-electron chi connectivity index (χ2n) is 5.80. The molecule has 128 valence electrons. The van der Waals surface area contributed by atoms with Crippen molar-refractivity contribution in [2.75, 3.05) is 23.3 Å². The lowest BCUT2D eigenvalue weighted by Crippen LogP contribution is -2.30. The molecule has 1 saturated heterocycles. The normalized spacial score (nSPS) is 14.9. The maximum Gasteiger partial charge on any atom is 0.273 e. The summed E-state index contributed by atoms with van der Waals surface area (Å²) in [5.41, 5.74) is 4.74. The van der Waals surface area contributed by atoms with Crippen LogP contribution in [0.25, 0.3) is 0 Å². The molecule has 0 saturated carbocycles. The Morgan fingerprint density at radius 3 is 2.58 bits per heavy atom.